The molecule has 1 atom stereocenters. The number of anilines is 1. The van der Waals surface area contributed by atoms with Gasteiger partial charge in [0.15, 0.2) is 0 Å². The number of nitrogens with one attached hydrogen (secondary N) is 1. The summed E-state index contributed by atoms with van der Waals surface area (Å²) >= 11 is 4.31. The lowest BCUT2D eigenvalue weighted by molar-refractivity contribution is 0.609. The second-order valence-corrected chi connectivity index (χ2v) is 7.74. The van der Waals surface area contributed by atoms with Gasteiger partial charge in [-0.1, -0.05) is 6.07 Å². The van der Waals surface area contributed by atoms with E-state index in [0.29, 0.717) is 11.6 Å². The van der Waals surface area contributed by atoms with E-state index in [1.54, 1.807) is 0 Å². The van der Waals surface area contributed by atoms with E-state index in [-0.39, 0.29) is 0 Å². The Morgan fingerprint density at radius 2 is 2.26 bits per heavy atom. The Labute approximate surface area is 130 Å². The van der Waals surface area contributed by atoms with Crippen molar-refractivity contribution in [3.05, 3.63) is 49.2 Å². The molecule has 96 valence electrons. The molecule has 0 aliphatic heterocycles. The molecule has 1 aliphatic rings. The molecule has 4 heteroatoms. The van der Waals surface area contributed by atoms with Crippen molar-refractivity contribution in [2.24, 2.45) is 0 Å². The Kier molecular flexibility index (Phi) is 3.76. The van der Waals surface area contributed by atoms with Gasteiger partial charge in [-0.15, -0.1) is 11.3 Å². The smallest absolute Gasteiger partial charge is 0.0992 e. The summed E-state index contributed by atoms with van der Waals surface area (Å²) in [5.74, 6) is 0. The molecular formula is C15H13IN2S. The maximum Gasteiger partial charge on any atom is 0.0992 e. The quantitative estimate of drug-likeness (QED) is 0.766. The molecule has 2 nitrogen and oxygen atoms in total. The third kappa shape index (κ3) is 2.77. The van der Waals surface area contributed by atoms with Crippen molar-refractivity contribution in [2.45, 2.75) is 25.3 Å². The molecular weight excluding hydrogens is 367 g/mol. The standard InChI is InChI=1S/C15H13IN2S/c16-15-8-12-13(5-2-6-14(12)19-15)18-11-4-1-3-10(7-11)9-17/h1,3-4,7-8,13,18H,2,5-6H2. The lowest BCUT2D eigenvalue weighted by Crippen LogP contribution is -2.15. The van der Waals surface area contributed by atoms with Crippen LogP contribution >= 0.6 is 33.9 Å². The van der Waals surface area contributed by atoms with Crippen molar-refractivity contribution in [3.8, 4) is 6.07 Å². The second-order valence-electron chi connectivity index (χ2n) is 4.71. The SMILES string of the molecule is N#Cc1cccc(NC2CCCc3sc(I)cc32)c1. The predicted molar refractivity (Wildman–Crippen MR) is 87.5 cm³/mol. The fraction of sp³-hybridized carbons (Fsp3) is 0.267. The summed E-state index contributed by atoms with van der Waals surface area (Å²) in [6, 6.07) is 12.6. The lowest BCUT2D eigenvalue weighted by Gasteiger charge is -2.24. The summed E-state index contributed by atoms with van der Waals surface area (Å²) in [5.41, 5.74) is 3.20. The van der Waals surface area contributed by atoms with Crippen molar-refractivity contribution in [1.82, 2.24) is 0 Å². The molecule has 2 aromatic rings. The number of hydrogen-bond donors (Lipinski definition) is 1. The van der Waals surface area contributed by atoms with Gasteiger partial charge < -0.3 is 5.32 Å². The Morgan fingerprint density at radius 1 is 1.37 bits per heavy atom. The molecule has 1 N–H and O–H groups in total. The van der Waals surface area contributed by atoms with Gasteiger partial charge in [0.2, 0.25) is 0 Å². The van der Waals surface area contributed by atoms with Crippen LogP contribution in [0.15, 0.2) is 30.3 Å². The molecule has 1 aromatic heterocycles. The van der Waals surface area contributed by atoms with E-state index in [0.717, 1.165) is 12.1 Å². The van der Waals surface area contributed by atoms with Crippen LogP contribution in [0.5, 0.6) is 0 Å². The molecule has 0 radical (unpaired) electrons. The molecule has 0 bridgehead atoms. The predicted octanol–water partition coefficient (Wildman–Crippen LogP) is 4.71. The van der Waals surface area contributed by atoms with Crippen molar-refractivity contribution in [2.75, 3.05) is 5.32 Å². The summed E-state index contributed by atoms with van der Waals surface area (Å²) in [5, 5.41) is 12.5. The second kappa shape index (κ2) is 5.51. The summed E-state index contributed by atoms with van der Waals surface area (Å²) in [7, 11) is 0. The topological polar surface area (TPSA) is 35.8 Å². The van der Waals surface area contributed by atoms with Gasteiger partial charge in [-0.3, -0.25) is 0 Å². The molecule has 19 heavy (non-hydrogen) atoms. The van der Waals surface area contributed by atoms with Gasteiger partial charge >= 0.3 is 0 Å². The van der Waals surface area contributed by atoms with E-state index in [1.807, 2.05) is 35.6 Å². The lowest BCUT2D eigenvalue weighted by atomic mass is 9.94. The van der Waals surface area contributed by atoms with Crippen molar-refractivity contribution < 1.29 is 0 Å². The molecule has 1 unspecified atom stereocenters. The van der Waals surface area contributed by atoms with Crippen LogP contribution in [-0.2, 0) is 6.42 Å². The zero-order valence-electron chi connectivity index (χ0n) is 10.3. The van der Waals surface area contributed by atoms with E-state index in [4.69, 9.17) is 5.26 Å². The zero-order chi connectivity index (χ0) is 13.2. The highest BCUT2D eigenvalue weighted by molar-refractivity contribution is 14.1. The highest BCUT2D eigenvalue weighted by atomic mass is 127. The van der Waals surface area contributed by atoms with Gasteiger partial charge in [0, 0.05) is 10.6 Å². The minimum atomic E-state index is 0.387. The highest BCUT2D eigenvalue weighted by Gasteiger charge is 2.22. The molecule has 0 saturated carbocycles. The molecule has 1 heterocycles. The fourth-order valence-electron chi connectivity index (χ4n) is 2.55. The number of rotatable bonds is 2. The number of halogens is 1. The van der Waals surface area contributed by atoms with Crippen LogP contribution in [0.4, 0.5) is 5.69 Å². The van der Waals surface area contributed by atoms with Crippen LogP contribution in [0.25, 0.3) is 0 Å². The number of aryl methyl sites for hydroxylation is 1. The van der Waals surface area contributed by atoms with Gasteiger partial charge in [0.05, 0.1) is 20.6 Å². The van der Waals surface area contributed by atoms with E-state index in [9.17, 15) is 0 Å². The third-order valence-electron chi connectivity index (χ3n) is 3.42. The van der Waals surface area contributed by atoms with Crippen molar-refractivity contribution in [3.63, 3.8) is 0 Å². The third-order valence-corrected chi connectivity index (χ3v) is 5.39. The first-order valence-corrected chi connectivity index (χ1v) is 8.20. The summed E-state index contributed by atoms with van der Waals surface area (Å²) in [4.78, 5) is 1.52. The molecule has 0 saturated heterocycles. The average molecular weight is 380 g/mol. The van der Waals surface area contributed by atoms with E-state index in [2.05, 4.69) is 40.0 Å². The largest absolute Gasteiger partial charge is 0.378 e. The number of fused-ring (bicyclic) bond motifs is 1. The molecule has 3 rings (SSSR count). The molecule has 1 aromatic carbocycles. The van der Waals surface area contributed by atoms with Crippen LogP contribution in [-0.4, -0.2) is 0 Å². The number of nitrogens with zero attached hydrogens (tertiary/aromatic N) is 1. The van der Waals surface area contributed by atoms with Crippen LogP contribution in [0.2, 0.25) is 0 Å². The summed E-state index contributed by atoms with van der Waals surface area (Å²) in [6.45, 7) is 0. The van der Waals surface area contributed by atoms with Gasteiger partial charge in [-0.05, 0) is 71.7 Å². The molecule has 1 aliphatic carbocycles. The normalized spacial score (nSPS) is 17.6. The first kappa shape index (κ1) is 12.9. The van der Waals surface area contributed by atoms with Gasteiger partial charge in [-0.25, -0.2) is 0 Å². The number of hydrogen-bond acceptors (Lipinski definition) is 3. The number of nitriles is 1. The number of benzene rings is 1. The summed E-state index contributed by atoms with van der Waals surface area (Å²) < 4.78 is 1.36. The van der Waals surface area contributed by atoms with Crippen LogP contribution in [0.3, 0.4) is 0 Å². The maximum atomic E-state index is 8.95. The average Bonchev–Trinajstić information content (AvgIpc) is 2.80. The maximum absolute atomic E-state index is 8.95. The molecule has 0 amide bonds. The van der Waals surface area contributed by atoms with Crippen LogP contribution < -0.4 is 5.32 Å². The van der Waals surface area contributed by atoms with Crippen LogP contribution in [0.1, 0.15) is 34.9 Å². The fourth-order valence-corrected chi connectivity index (χ4v) is 4.67. The van der Waals surface area contributed by atoms with Crippen LogP contribution in [0, 0.1) is 14.2 Å². The minimum absolute atomic E-state index is 0.387. The van der Waals surface area contributed by atoms with E-state index in [1.165, 1.54) is 26.2 Å². The Bertz CT molecular complexity index is 642. The first-order valence-electron chi connectivity index (χ1n) is 6.31. The Morgan fingerprint density at radius 3 is 3.11 bits per heavy atom. The van der Waals surface area contributed by atoms with E-state index < -0.39 is 0 Å². The van der Waals surface area contributed by atoms with Gasteiger partial charge in [0.1, 0.15) is 0 Å². The minimum Gasteiger partial charge on any atom is -0.378 e. The molecule has 0 spiro atoms. The first-order chi connectivity index (χ1) is 9.26. The summed E-state index contributed by atoms with van der Waals surface area (Å²) in [6.07, 6.45) is 3.61. The Balaban J connectivity index is 1.86. The number of thiophene rings is 1. The van der Waals surface area contributed by atoms with Gasteiger partial charge in [0.25, 0.3) is 0 Å². The van der Waals surface area contributed by atoms with E-state index >= 15 is 0 Å². The highest BCUT2D eigenvalue weighted by Crippen LogP contribution is 2.38. The zero-order valence-corrected chi connectivity index (χ0v) is 13.3. The van der Waals surface area contributed by atoms with Crippen molar-refractivity contribution >= 4 is 39.6 Å². The monoisotopic (exact) mass is 380 g/mol. The van der Waals surface area contributed by atoms with Crippen molar-refractivity contribution in [1.29, 1.82) is 5.26 Å². The Hall–Kier alpha value is -1.06. The molecule has 0 fully saturated rings. The van der Waals surface area contributed by atoms with Gasteiger partial charge in [-0.2, -0.15) is 5.26 Å².